The summed E-state index contributed by atoms with van der Waals surface area (Å²) in [7, 11) is 0.254. The van der Waals surface area contributed by atoms with Gasteiger partial charge in [-0.3, -0.25) is 33.6 Å². The SMILES string of the molecule is Cc1c(N)nc(C(CC(N)=O)NCC(N)C(N)=O)nc1C(=O)NC(C(=O)NC(C)C(O)C(C)C(=O)NC(C(=O)NCCc1nc(-c2nc(C(=O)NCCC[S+](C)C)cs2)cs1)C(C)O)C(OC1OC(CO)C(O)C(O)C1OC1OC(CO)C(O)C(OC(N)=O)C1O)c1cnc[nH]1.Cl. The molecule has 0 aromatic carbocycles. The van der Waals surface area contributed by atoms with Crippen LogP contribution in [0.15, 0.2) is 23.3 Å². The topological polar surface area (TPSA) is 627 Å². The average Bonchev–Trinajstić information content (AvgIpc) is 1.16. The Bertz CT molecular complexity index is 3290. The van der Waals surface area contributed by atoms with E-state index in [0.29, 0.717) is 22.3 Å². The van der Waals surface area contributed by atoms with Crippen molar-refractivity contribution in [3.05, 3.63) is 56.8 Å². The van der Waals surface area contributed by atoms with Crippen molar-refractivity contribution in [3.8, 4) is 10.7 Å². The van der Waals surface area contributed by atoms with Gasteiger partial charge in [0.2, 0.25) is 29.5 Å². The molecule has 540 valence electrons. The number of imidazole rings is 1. The number of aliphatic hydroxyl groups excluding tert-OH is 8. The van der Waals surface area contributed by atoms with Gasteiger partial charge in [0, 0.05) is 55.2 Å². The maximum atomic E-state index is 15.2. The highest BCUT2D eigenvalue weighted by Gasteiger charge is 2.54. The molecule has 4 aromatic rings. The van der Waals surface area contributed by atoms with Gasteiger partial charge in [0.25, 0.3) is 11.8 Å². The second kappa shape index (κ2) is 37.3. The van der Waals surface area contributed by atoms with Gasteiger partial charge in [0.15, 0.2) is 18.7 Å². The third-order valence-electron chi connectivity index (χ3n) is 15.3. The highest BCUT2D eigenvalue weighted by molar-refractivity contribution is 7.95. The van der Waals surface area contributed by atoms with Crippen LogP contribution in [0.5, 0.6) is 0 Å². The number of rotatable bonds is 35. The summed E-state index contributed by atoms with van der Waals surface area (Å²) >= 11 is 2.52. The molecule has 19 unspecified atom stereocenters. The lowest BCUT2D eigenvalue weighted by molar-refractivity contribution is -0.372. The van der Waals surface area contributed by atoms with Crippen molar-refractivity contribution in [2.24, 2.45) is 28.9 Å². The Morgan fingerprint density at radius 3 is 2.08 bits per heavy atom. The average molecular weight is 1450 g/mol. The monoisotopic (exact) mass is 1450 g/mol. The number of H-pyrrole nitrogens is 1. The number of primary amides is 3. The smallest absolute Gasteiger partial charge is 0.404 e. The first kappa shape index (κ1) is 80.7. The number of halogens is 1. The lowest BCUT2D eigenvalue weighted by Crippen LogP contribution is -2.65. The molecule has 19 atom stereocenters. The number of nitrogens with two attached hydrogens (primary N) is 5. The maximum Gasteiger partial charge on any atom is 0.404 e. The highest BCUT2D eigenvalue weighted by Crippen LogP contribution is 2.35. The van der Waals surface area contributed by atoms with E-state index in [1.54, 1.807) is 10.8 Å². The first-order chi connectivity index (χ1) is 45.3. The van der Waals surface area contributed by atoms with E-state index in [0.717, 1.165) is 24.7 Å². The summed E-state index contributed by atoms with van der Waals surface area (Å²) in [4.78, 5) is 131. The van der Waals surface area contributed by atoms with Crippen molar-refractivity contribution in [1.29, 1.82) is 0 Å². The number of ether oxygens (including phenoxy) is 5. The molecule has 0 radical (unpaired) electrons. The maximum absolute atomic E-state index is 15.2. The number of aromatic nitrogens is 6. The number of nitrogens with zero attached hydrogens (tertiary/aromatic N) is 5. The molecule has 38 nitrogen and oxygen atoms in total. The van der Waals surface area contributed by atoms with Gasteiger partial charge < -0.3 is 130 Å². The Morgan fingerprint density at radius 1 is 0.784 bits per heavy atom. The standard InChI is InChI=1S/C55H83N17O21S3.ClH/c1-20-33(69-46(72-44(20)58)25(12-31(57)76)64-13-24(56)45(59)82)50(86)71-35(41(26-14-61-19-65-26)91-54-43(39(80)37(78)29(15-73)90-54)92-53-40(81)42(93-55(60)88)38(79)30(16-74)89-53)51(87)66-22(3)36(77)21(2)47(83)70-34(23(4)75)49(85)63-10-8-32-67-28(18-94-32)52-68-27(17-95-52)48(84)62-9-7-11-96(5)6;/h14,17-19,21-25,29-30,34-43,53-54,64,73-75,77-81H,7-13,15-16,56H2,1-6H3,(H13-,57,58,59,60,61,62,63,65,66,69,70,71,72,76,82,83,84,85,86,87,88);1H/p+1. The van der Waals surface area contributed by atoms with Gasteiger partial charge in [0.05, 0.1) is 85.2 Å². The molecule has 97 heavy (non-hydrogen) atoms. The Balaban J connectivity index is 0.0000170. The predicted octanol–water partition coefficient (Wildman–Crippen LogP) is -7.28. The molecule has 6 rings (SSSR count). The second-order valence-corrected chi connectivity index (χ2v) is 27.0. The van der Waals surface area contributed by atoms with Crippen LogP contribution in [-0.2, 0) is 65.0 Å². The summed E-state index contributed by atoms with van der Waals surface area (Å²) in [6.07, 6.45) is -20.0. The number of aromatic amines is 1. The molecule has 42 heteroatoms. The Kier molecular flexibility index (Phi) is 31.0. The van der Waals surface area contributed by atoms with Gasteiger partial charge in [-0.15, -0.1) is 35.1 Å². The summed E-state index contributed by atoms with van der Waals surface area (Å²) in [5.74, 6) is -7.69. The minimum atomic E-state index is -2.20. The van der Waals surface area contributed by atoms with Gasteiger partial charge in [-0.1, -0.05) is 6.92 Å². The molecule has 0 bridgehead atoms. The van der Waals surface area contributed by atoms with Crippen LogP contribution < -0.4 is 60.6 Å². The molecule has 25 N–H and O–H groups in total. The number of carbonyl (C=O) groups is 8. The molecule has 2 aliphatic rings. The number of nitrogen functional groups attached to an aromatic ring is 1. The van der Waals surface area contributed by atoms with Crippen molar-refractivity contribution < 1.29 is 103 Å². The van der Waals surface area contributed by atoms with Crippen LogP contribution >= 0.6 is 35.1 Å². The molecule has 0 saturated carbocycles. The number of hydrogen-bond acceptors (Lipinski definition) is 31. The summed E-state index contributed by atoms with van der Waals surface area (Å²) in [5.41, 5.74) is 28.1. The molecule has 2 fully saturated rings. The normalized spacial score (nSPS) is 23.8. The fourth-order valence-corrected chi connectivity index (χ4v) is 12.1. The van der Waals surface area contributed by atoms with Crippen LogP contribution in [0.4, 0.5) is 10.6 Å². The zero-order valence-corrected chi connectivity index (χ0v) is 56.5. The first-order valence-electron chi connectivity index (χ1n) is 29.8. The van der Waals surface area contributed by atoms with Crippen molar-refractivity contribution in [2.75, 3.05) is 56.8 Å². The van der Waals surface area contributed by atoms with Crippen molar-refractivity contribution >= 4 is 99.2 Å². The fourth-order valence-electron chi connectivity index (χ4n) is 9.80. The largest absolute Gasteiger partial charge is 0.441 e. The zero-order valence-electron chi connectivity index (χ0n) is 53.3. The van der Waals surface area contributed by atoms with E-state index in [-0.39, 0.29) is 77.3 Å². The Hall–Kier alpha value is -7.01. The molecule has 2 aliphatic heterocycles. The van der Waals surface area contributed by atoms with Crippen molar-refractivity contribution in [2.45, 2.75) is 157 Å². The van der Waals surface area contributed by atoms with Crippen molar-refractivity contribution in [1.82, 2.24) is 61.8 Å². The number of hydrogen-bond donors (Lipinski definition) is 20. The van der Waals surface area contributed by atoms with E-state index >= 15 is 4.79 Å². The van der Waals surface area contributed by atoms with E-state index in [9.17, 15) is 74.4 Å². The molecule has 0 aliphatic carbocycles. The molecular weight excluding hydrogens is 1370 g/mol. The fraction of sp³-hybridized carbons (Fsp3) is 0.618. The number of anilines is 1. The minimum Gasteiger partial charge on any atom is -0.441 e. The Morgan fingerprint density at radius 2 is 1.46 bits per heavy atom. The quantitative estimate of drug-likeness (QED) is 0.0150. The van der Waals surface area contributed by atoms with E-state index in [2.05, 4.69) is 74.3 Å². The number of aliphatic hydroxyl groups is 8. The number of carbonyl (C=O) groups excluding carboxylic acids is 8. The molecule has 4 aromatic heterocycles. The van der Waals surface area contributed by atoms with Gasteiger partial charge in [-0.05, 0) is 31.7 Å². The zero-order chi connectivity index (χ0) is 71.0. The van der Waals surface area contributed by atoms with Crippen molar-refractivity contribution in [3.63, 3.8) is 0 Å². The number of amides is 8. The second-order valence-electron chi connectivity index (χ2n) is 22.8. The van der Waals surface area contributed by atoms with Crippen LogP contribution in [-0.4, -0.2) is 267 Å². The van der Waals surface area contributed by atoms with Gasteiger partial charge in [-0.2, -0.15) is 0 Å². The van der Waals surface area contributed by atoms with E-state index in [1.165, 1.54) is 50.4 Å². The van der Waals surface area contributed by atoms with Gasteiger partial charge >= 0.3 is 6.09 Å². The van der Waals surface area contributed by atoms with E-state index in [4.69, 9.17) is 52.4 Å². The van der Waals surface area contributed by atoms with E-state index in [1.807, 2.05) is 0 Å². The van der Waals surface area contributed by atoms with Gasteiger partial charge in [-0.25, -0.2) is 29.7 Å². The van der Waals surface area contributed by atoms with E-state index < -0.39 is 183 Å². The molecule has 0 spiro atoms. The number of nitrogens with one attached hydrogen (secondary N) is 7. The summed E-state index contributed by atoms with van der Waals surface area (Å²) in [6.45, 7) is 3.18. The highest BCUT2D eigenvalue weighted by atomic mass is 35.5. The Labute approximate surface area is 571 Å². The lowest BCUT2D eigenvalue weighted by atomic mass is 9.96. The summed E-state index contributed by atoms with van der Waals surface area (Å²) in [5, 5.41) is 108. The molecule has 2 saturated heterocycles. The lowest BCUT2D eigenvalue weighted by Gasteiger charge is -2.47. The number of thiazole rings is 2. The van der Waals surface area contributed by atoms with Gasteiger partial charge in [0.1, 0.15) is 100 Å². The van der Waals surface area contributed by atoms with Crippen LogP contribution in [0, 0.1) is 12.8 Å². The summed E-state index contributed by atoms with van der Waals surface area (Å²) < 4.78 is 28.7. The molecule has 8 amide bonds. The molecule has 6 heterocycles. The third kappa shape index (κ3) is 21.7. The summed E-state index contributed by atoms with van der Waals surface area (Å²) in [6, 6.07) is -7.85. The van der Waals surface area contributed by atoms with Crippen LogP contribution in [0.2, 0.25) is 0 Å². The first-order valence-corrected chi connectivity index (χ1v) is 33.8. The van der Waals surface area contributed by atoms with Crippen LogP contribution in [0.3, 0.4) is 0 Å². The molecular formula is C55H85ClN17O21S3+. The predicted molar refractivity (Wildman–Crippen MR) is 346 cm³/mol. The third-order valence-corrected chi connectivity index (χ3v) is 18.2. The van der Waals surface area contributed by atoms with Crippen LogP contribution in [0.25, 0.3) is 10.7 Å². The van der Waals surface area contributed by atoms with Crippen LogP contribution in [0.1, 0.15) is 88.8 Å². The minimum absolute atomic E-state index is 0.